The summed E-state index contributed by atoms with van der Waals surface area (Å²) in [4.78, 5) is 0. The van der Waals surface area contributed by atoms with E-state index < -0.39 is 16.7 Å². The Bertz CT molecular complexity index is 473. The summed E-state index contributed by atoms with van der Waals surface area (Å²) in [6.45, 7) is 0. The molecule has 0 radical (unpaired) electrons. The molecule has 74 valence electrons. The molecule has 0 spiro atoms. The minimum absolute atomic E-state index is 0.0132. The van der Waals surface area contributed by atoms with Gasteiger partial charge in [0.05, 0.1) is 16.3 Å². The molecule has 0 heterocycles. The van der Waals surface area contributed by atoms with Crippen molar-refractivity contribution in [1.29, 1.82) is 5.26 Å². The van der Waals surface area contributed by atoms with Gasteiger partial charge in [-0.1, -0.05) is 11.6 Å². The second-order valence-corrected chi connectivity index (χ2v) is 3.44. The summed E-state index contributed by atoms with van der Waals surface area (Å²) in [5.74, 6) is -0.788. The highest BCUT2D eigenvalue weighted by Crippen LogP contribution is 2.24. The van der Waals surface area contributed by atoms with Crippen LogP contribution in [0.1, 0.15) is 5.56 Å². The predicted octanol–water partition coefficient (Wildman–Crippen LogP) is 1.29. The van der Waals surface area contributed by atoms with E-state index in [0.717, 1.165) is 12.1 Å². The van der Waals surface area contributed by atoms with Crippen molar-refractivity contribution in [2.45, 2.75) is 0 Å². The lowest BCUT2D eigenvalue weighted by Gasteiger charge is -2.02. The van der Waals surface area contributed by atoms with Crippen LogP contribution in [0.4, 0.5) is 10.1 Å². The number of nitriles is 1. The van der Waals surface area contributed by atoms with E-state index >= 15 is 0 Å². The van der Waals surface area contributed by atoms with E-state index in [4.69, 9.17) is 16.9 Å². The third-order valence-corrected chi connectivity index (χ3v) is 2.13. The van der Waals surface area contributed by atoms with Crippen molar-refractivity contribution in [3.63, 3.8) is 0 Å². The van der Waals surface area contributed by atoms with Crippen LogP contribution in [-0.4, -0.2) is 8.42 Å². The number of hydrogen-bond acceptors (Lipinski definition) is 3. The van der Waals surface area contributed by atoms with Gasteiger partial charge in [-0.3, -0.25) is 4.72 Å². The fraction of sp³-hybridized carbons (Fsp3) is 0. The lowest BCUT2D eigenvalue weighted by molar-refractivity contribution is 0.618. The van der Waals surface area contributed by atoms with Crippen molar-refractivity contribution in [1.82, 2.24) is 0 Å². The van der Waals surface area contributed by atoms with Crippen LogP contribution in [-0.2, 0) is 10.9 Å². The van der Waals surface area contributed by atoms with Crippen molar-refractivity contribution in [2.24, 2.45) is 0 Å². The number of nitrogens with one attached hydrogen (secondary N) is 1. The van der Waals surface area contributed by atoms with E-state index in [1.807, 2.05) is 4.72 Å². The van der Waals surface area contributed by atoms with E-state index in [1.165, 1.54) is 0 Å². The average Bonchev–Trinajstić information content (AvgIpc) is 2.09. The highest BCUT2D eigenvalue weighted by molar-refractivity contribution is 7.73. The van der Waals surface area contributed by atoms with Gasteiger partial charge in [0.2, 0.25) is 10.9 Å². The summed E-state index contributed by atoms with van der Waals surface area (Å²) in [7, 11) is -2.89. The van der Waals surface area contributed by atoms with Crippen LogP contribution in [0.3, 0.4) is 0 Å². The molecule has 0 unspecified atom stereocenters. The first kappa shape index (κ1) is 10.8. The third-order valence-electron chi connectivity index (χ3n) is 1.39. The molecule has 0 aliphatic heterocycles. The first-order valence-electron chi connectivity index (χ1n) is 3.35. The van der Waals surface area contributed by atoms with Gasteiger partial charge in [-0.2, -0.15) is 5.26 Å². The maximum absolute atomic E-state index is 12.9. The Morgan fingerprint density at radius 3 is 2.64 bits per heavy atom. The monoisotopic (exact) mass is 234 g/mol. The van der Waals surface area contributed by atoms with Crippen molar-refractivity contribution in [2.75, 3.05) is 4.72 Å². The molecule has 0 atom stereocenters. The van der Waals surface area contributed by atoms with Gasteiger partial charge in [-0.15, -0.1) is 0 Å². The second kappa shape index (κ2) is 4.26. The van der Waals surface area contributed by atoms with E-state index in [1.54, 1.807) is 6.07 Å². The molecule has 0 aliphatic rings. The molecule has 0 aliphatic carbocycles. The number of halogens is 2. The Kier molecular flexibility index (Phi) is 3.28. The maximum Gasteiger partial charge on any atom is 0.222 e. The topological polar surface area (TPSA) is 70.0 Å². The minimum atomic E-state index is -2.89. The van der Waals surface area contributed by atoms with Crippen molar-refractivity contribution >= 4 is 28.2 Å². The quantitative estimate of drug-likeness (QED) is 0.758. The molecule has 0 amide bonds. The van der Waals surface area contributed by atoms with Gasteiger partial charge in [0.1, 0.15) is 11.9 Å². The van der Waals surface area contributed by atoms with Crippen LogP contribution in [0.2, 0.25) is 5.02 Å². The van der Waals surface area contributed by atoms with Gasteiger partial charge in [0.25, 0.3) is 0 Å². The van der Waals surface area contributed by atoms with Crippen LogP contribution in [0.25, 0.3) is 0 Å². The summed E-state index contributed by atoms with van der Waals surface area (Å²) in [5, 5.41) is 8.36. The van der Waals surface area contributed by atoms with E-state index in [9.17, 15) is 12.8 Å². The molecule has 0 bridgehead atoms. The SMILES string of the molecule is N#Cc1cc(N[SH](=O)=O)c(Cl)cc1F. The Labute approximate surface area is 86.0 Å². The maximum atomic E-state index is 12.9. The molecule has 1 N–H and O–H groups in total. The third kappa shape index (κ3) is 2.34. The summed E-state index contributed by atoms with van der Waals surface area (Å²) in [6, 6.07) is 3.47. The number of hydrogen-bond donors (Lipinski definition) is 2. The normalized spacial score (nSPS) is 9.86. The fourth-order valence-corrected chi connectivity index (χ4v) is 1.46. The Morgan fingerprint density at radius 1 is 1.50 bits per heavy atom. The minimum Gasteiger partial charge on any atom is -0.284 e. The van der Waals surface area contributed by atoms with Crippen molar-refractivity contribution in [3.8, 4) is 6.07 Å². The number of anilines is 1. The van der Waals surface area contributed by atoms with Crippen LogP contribution < -0.4 is 4.72 Å². The van der Waals surface area contributed by atoms with Gasteiger partial charge < -0.3 is 0 Å². The van der Waals surface area contributed by atoms with Gasteiger partial charge in [-0.25, -0.2) is 12.8 Å². The number of benzene rings is 1. The highest BCUT2D eigenvalue weighted by atomic mass is 35.5. The molecular weight excluding hydrogens is 231 g/mol. The second-order valence-electron chi connectivity index (χ2n) is 2.29. The molecule has 1 aromatic carbocycles. The van der Waals surface area contributed by atoms with Gasteiger partial charge in [-0.05, 0) is 12.1 Å². The van der Waals surface area contributed by atoms with Crippen LogP contribution in [0.15, 0.2) is 12.1 Å². The highest BCUT2D eigenvalue weighted by Gasteiger charge is 2.08. The molecule has 0 aromatic heterocycles. The van der Waals surface area contributed by atoms with Crippen molar-refractivity contribution in [3.05, 3.63) is 28.5 Å². The zero-order chi connectivity index (χ0) is 10.7. The molecule has 14 heavy (non-hydrogen) atoms. The summed E-state index contributed by atoms with van der Waals surface area (Å²) in [6.07, 6.45) is 0. The van der Waals surface area contributed by atoms with Crippen LogP contribution in [0, 0.1) is 17.1 Å². The molecular formula is C7H4ClFN2O2S. The standard InChI is InChI=1S/C7H4ClFN2O2S/c8-5-2-6(9)4(3-10)1-7(5)11-14(12)13/h1-2,14H,(H,11,12,13). The summed E-state index contributed by atoms with van der Waals surface area (Å²) < 4.78 is 35.5. The first-order chi connectivity index (χ1) is 6.54. The number of thiol groups is 1. The van der Waals surface area contributed by atoms with Gasteiger partial charge >= 0.3 is 0 Å². The molecule has 1 aromatic rings. The zero-order valence-corrected chi connectivity index (χ0v) is 8.27. The fourth-order valence-electron chi connectivity index (χ4n) is 0.819. The lowest BCUT2D eigenvalue weighted by Crippen LogP contribution is -1.97. The van der Waals surface area contributed by atoms with Gasteiger partial charge in [0, 0.05) is 0 Å². The van der Waals surface area contributed by atoms with Crippen LogP contribution >= 0.6 is 11.6 Å². The summed E-state index contributed by atoms with van der Waals surface area (Å²) in [5.41, 5.74) is -0.283. The largest absolute Gasteiger partial charge is 0.284 e. The van der Waals surface area contributed by atoms with Gasteiger partial charge in [0.15, 0.2) is 0 Å². The lowest BCUT2D eigenvalue weighted by atomic mass is 10.2. The average molecular weight is 235 g/mol. The van der Waals surface area contributed by atoms with E-state index in [-0.39, 0.29) is 16.3 Å². The first-order valence-corrected chi connectivity index (χ1v) is 4.90. The molecule has 4 nitrogen and oxygen atoms in total. The Hall–Kier alpha value is -1.32. The molecule has 0 fully saturated rings. The molecule has 1 rings (SSSR count). The Balaban J connectivity index is 3.25. The number of rotatable bonds is 2. The number of nitrogens with zero attached hydrogens (tertiary/aromatic N) is 1. The van der Waals surface area contributed by atoms with E-state index in [2.05, 4.69) is 0 Å². The molecule has 0 saturated heterocycles. The predicted molar refractivity (Wildman–Crippen MR) is 50.1 cm³/mol. The van der Waals surface area contributed by atoms with E-state index in [0.29, 0.717) is 0 Å². The molecule has 7 heteroatoms. The van der Waals surface area contributed by atoms with Crippen LogP contribution in [0.5, 0.6) is 0 Å². The summed E-state index contributed by atoms with van der Waals surface area (Å²) >= 11 is 5.52. The van der Waals surface area contributed by atoms with Crippen molar-refractivity contribution < 1.29 is 12.8 Å². The smallest absolute Gasteiger partial charge is 0.222 e. The zero-order valence-electron chi connectivity index (χ0n) is 6.62. The Morgan fingerprint density at radius 2 is 2.14 bits per heavy atom. The molecule has 0 saturated carbocycles.